The summed E-state index contributed by atoms with van der Waals surface area (Å²) in [5, 5.41) is 7.77. The van der Waals surface area contributed by atoms with Gasteiger partial charge in [-0.15, -0.1) is 0 Å². The molecular formula is C19H31N5O2. The van der Waals surface area contributed by atoms with Gasteiger partial charge in [0.2, 0.25) is 0 Å². The van der Waals surface area contributed by atoms with Gasteiger partial charge in [-0.2, -0.15) is 5.10 Å². The van der Waals surface area contributed by atoms with Crippen LogP contribution in [-0.4, -0.2) is 44.4 Å². The van der Waals surface area contributed by atoms with Gasteiger partial charge in [-0.3, -0.25) is 4.57 Å². The Morgan fingerprint density at radius 1 is 1.15 bits per heavy atom. The van der Waals surface area contributed by atoms with Crippen LogP contribution in [0.25, 0.3) is 0 Å². The van der Waals surface area contributed by atoms with E-state index in [4.69, 9.17) is 0 Å². The lowest BCUT2D eigenvalue weighted by Gasteiger charge is -2.30. The number of hydrogen-bond donors (Lipinski definition) is 1. The largest absolute Gasteiger partial charge is 0.345 e. The molecule has 7 heteroatoms. The van der Waals surface area contributed by atoms with Crippen molar-refractivity contribution in [2.24, 2.45) is 5.92 Å². The number of aryl methyl sites for hydroxylation is 1. The number of carbonyl (C=O) groups excluding carboxylic acids is 1. The van der Waals surface area contributed by atoms with Crippen LogP contribution in [0.15, 0.2) is 4.79 Å². The van der Waals surface area contributed by atoms with Crippen LogP contribution < -0.4 is 11.0 Å². The van der Waals surface area contributed by atoms with E-state index in [1.54, 1.807) is 4.68 Å². The Kier molecular flexibility index (Phi) is 5.05. The maximum atomic E-state index is 12.6. The van der Waals surface area contributed by atoms with Crippen molar-refractivity contribution in [1.29, 1.82) is 0 Å². The van der Waals surface area contributed by atoms with Gasteiger partial charge in [0.1, 0.15) is 5.82 Å². The molecule has 1 aromatic rings. The van der Waals surface area contributed by atoms with Gasteiger partial charge in [0.15, 0.2) is 0 Å². The van der Waals surface area contributed by atoms with E-state index in [1.165, 1.54) is 32.1 Å². The molecule has 1 N–H and O–H groups in total. The first-order valence-electron chi connectivity index (χ1n) is 10.3. The Morgan fingerprint density at radius 3 is 2.65 bits per heavy atom. The predicted octanol–water partition coefficient (Wildman–Crippen LogP) is 2.13. The number of aromatic nitrogens is 3. The first kappa shape index (κ1) is 17.6. The maximum absolute atomic E-state index is 12.6. The number of urea groups is 1. The van der Waals surface area contributed by atoms with Crippen molar-refractivity contribution in [2.45, 2.75) is 89.4 Å². The number of amides is 2. The van der Waals surface area contributed by atoms with Crippen molar-refractivity contribution in [2.75, 3.05) is 7.05 Å². The van der Waals surface area contributed by atoms with Crippen molar-refractivity contribution >= 4 is 6.03 Å². The Balaban J connectivity index is 1.35. The number of fused-ring (bicyclic) bond motifs is 1. The van der Waals surface area contributed by atoms with E-state index >= 15 is 0 Å². The third-order valence-corrected chi connectivity index (χ3v) is 6.32. The minimum Gasteiger partial charge on any atom is -0.335 e. The summed E-state index contributed by atoms with van der Waals surface area (Å²) in [7, 11) is 1.89. The summed E-state index contributed by atoms with van der Waals surface area (Å²) in [5.41, 5.74) is 0.0295. The molecule has 1 unspecified atom stereocenters. The first-order valence-corrected chi connectivity index (χ1v) is 10.3. The summed E-state index contributed by atoms with van der Waals surface area (Å²) in [6, 6.07) is 0.527. The van der Waals surface area contributed by atoms with Crippen LogP contribution in [0, 0.1) is 5.92 Å². The molecule has 1 aliphatic heterocycles. The van der Waals surface area contributed by atoms with Crippen molar-refractivity contribution in [3.05, 3.63) is 16.3 Å². The predicted molar refractivity (Wildman–Crippen MR) is 99.1 cm³/mol. The fraction of sp³-hybridized carbons (Fsp3) is 0.842. The summed E-state index contributed by atoms with van der Waals surface area (Å²) in [6.07, 6.45) is 10.8. The van der Waals surface area contributed by atoms with Crippen LogP contribution >= 0.6 is 0 Å². The molecule has 144 valence electrons. The molecule has 2 fully saturated rings. The third-order valence-electron chi connectivity index (χ3n) is 6.32. The fourth-order valence-corrected chi connectivity index (χ4v) is 4.35. The summed E-state index contributed by atoms with van der Waals surface area (Å²) in [5.74, 6) is 1.54. The number of hydrogen-bond acceptors (Lipinski definition) is 3. The molecule has 2 aliphatic carbocycles. The smallest absolute Gasteiger partial charge is 0.335 e. The van der Waals surface area contributed by atoms with E-state index in [0.29, 0.717) is 18.5 Å². The zero-order valence-corrected chi connectivity index (χ0v) is 15.8. The highest BCUT2D eigenvalue weighted by molar-refractivity contribution is 5.74. The van der Waals surface area contributed by atoms with E-state index in [-0.39, 0.29) is 17.8 Å². The molecule has 0 spiro atoms. The summed E-state index contributed by atoms with van der Waals surface area (Å²) in [6.45, 7) is 1.43. The van der Waals surface area contributed by atoms with Crippen molar-refractivity contribution in [1.82, 2.24) is 24.6 Å². The first-order chi connectivity index (χ1) is 12.6. The number of carbonyl (C=O) groups is 1. The molecule has 0 radical (unpaired) electrons. The van der Waals surface area contributed by atoms with Gasteiger partial charge >= 0.3 is 11.7 Å². The molecular weight excluding hydrogens is 330 g/mol. The zero-order chi connectivity index (χ0) is 18.1. The molecule has 7 nitrogen and oxygen atoms in total. The van der Waals surface area contributed by atoms with E-state index in [2.05, 4.69) is 10.4 Å². The van der Waals surface area contributed by atoms with Crippen LogP contribution in [-0.2, 0) is 19.5 Å². The van der Waals surface area contributed by atoms with Crippen LogP contribution in [0.2, 0.25) is 0 Å². The van der Waals surface area contributed by atoms with Crippen molar-refractivity contribution in [3.63, 3.8) is 0 Å². The molecule has 0 saturated heterocycles. The fourth-order valence-electron chi connectivity index (χ4n) is 4.35. The van der Waals surface area contributed by atoms with Gasteiger partial charge in [-0.05, 0) is 44.4 Å². The minimum atomic E-state index is 0.0295. The molecule has 0 aromatic carbocycles. The monoisotopic (exact) mass is 361 g/mol. The molecule has 2 amide bonds. The van der Waals surface area contributed by atoms with Crippen LogP contribution in [0.4, 0.5) is 4.79 Å². The zero-order valence-electron chi connectivity index (χ0n) is 15.8. The quantitative estimate of drug-likeness (QED) is 0.893. The van der Waals surface area contributed by atoms with E-state index < -0.39 is 0 Å². The lowest BCUT2D eigenvalue weighted by Crippen LogP contribution is -2.48. The van der Waals surface area contributed by atoms with Gasteiger partial charge in [-0.1, -0.05) is 19.3 Å². The summed E-state index contributed by atoms with van der Waals surface area (Å²) in [4.78, 5) is 27.0. The van der Waals surface area contributed by atoms with Gasteiger partial charge in [0.05, 0.1) is 0 Å². The summed E-state index contributed by atoms with van der Waals surface area (Å²) < 4.78 is 3.49. The highest BCUT2D eigenvalue weighted by Gasteiger charge is 2.29. The molecule has 26 heavy (non-hydrogen) atoms. The Labute approximate surface area is 154 Å². The number of nitrogens with zero attached hydrogens (tertiary/aromatic N) is 4. The number of rotatable bonds is 4. The standard InChI is InChI=1S/C19H31N5O2/c1-22(18(25)20-15-5-3-2-4-6-15)16-9-10-17-21-24(13-14-7-8-14)19(26)23(17)12-11-16/h14-16H,2-13H2,1H3,(H,20,25). The molecule has 1 aromatic heterocycles. The average Bonchev–Trinajstić information content (AvgIpc) is 3.44. The van der Waals surface area contributed by atoms with Crippen molar-refractivity contribution in [3.8, 4) is 0 Å². The maximum Gasteiger partial charge on any atom is 0.345 e. The van der Waals surface area contributed by atoms with Gasteiger partial charge < -0.3 is 10.2 Å². The van der Waals surface area contributed by atoms with Gasteiger partial charge in [-0.25, -0.2) is 14.3 Å². The van der Waals surface area contributed by atoms with E-state index in [0.717, 1.165) is 44.5 Å². The normalized spacial score (nSPS) is 24.0. The minimum absolute atomic E-state index is 0.0295. The van der Waals surface area contributed by atoms with E-state index in [1.807, 2.05) is 16.5 Å². The average molecular weight is 361 g/mol. The Hall–Kier alpha value is -1.79. The van der Waals surface area contributed by atoms with Crippen molar-refractivity contribution < 1.29 is 4.79 Å². The molecule has 0 bridgehead atoms. The highest BCUT2D eigenvalue weighted by Crippen LogP contribution is 2.30. The SMILES string of the molecule is CN(C(=O)NC1CCCCC1)C1CCc2nn(CC3CC3)c(=O)n2CC1. The second-order valence-corrected chi connectivity index (χ2v) is 8.35. The molecule has 3 aliphatic rings. The molecule has 4 rings (SSSR count). The Bertz CT molecular complexity index is 699. The molecule has 2 heterocycles. The van der Waals surface area contributed by atoms with Crippen LogP contribution in [0.3, 0.4) is 0 Å². The second-order valence-electron chi connectivity index (χ2n) is 8.35. The number of nitrogens with one attached hydrogen (secondary N) is 1. The lowest BCUT2D eigenvalue weighted by atomic mass is 9.96. The molecule has 2 saturated carbocycles. The highest BCUT2D eigenvalue weighted by atomic mass is 16.2. The van der Waals surface area contributed by atoms with Crippen LogP contribution in [0.5, 0.6) is 0 Å². The lowest BCUT2D eigenvalue weighted by molar-refractivity contribution is 0.176. The molecule has 1 atom stereocenters. The van der Waals surface area contributed by atoms with Gasteiger partial charge in [0, 0.05) is 38.6 Å². The topological polar surface area (TPSA) is 72.2 Å². The van der Waals surface area contributed by atoms with E-state index in [9.17, 15) is 9.59 Å². The third kappa shape index (κ3) is 3.81. The Morgan fingerprint density at radius 2 is 1.92 bits per heavy atom. The second kappa shape index (κ2) is 7.45. The summed E-state index contributed by atoms with van der Waals surface area (Å²) >= 11 is 0. The van der Waals surface area contributed by atoms with Gasteiger partial charge in [0.25, 0.3) is 0 Å². The van der Waals surface area contributed by atoms with Crippen LogP contribution in [0.1, 0.15) is 63.6 Å².